The van der Waals surface area contributed by atoms with Crippen LogP contribution in [-0.4, -0.2) is 32.6 Å². The number of rotatable bonds is 6. The third-order valence-electron chi connectivity index (χ3n) is 4.77. The van der Waals surface area contributed by atoms with Crippen molar-refractivity contribution in [2.75, 3.05) is 0 Å². The predicted molar refractivity (Wildman–Crippen MR) is 99.5 cm³/mol. The molecular weight excluding hydrogens is 354 g/mol. The van der Waals surface area contributed by atoms with Crippen molar-refractivity contribution in [2.45, 2.75) is 58.5 Å². The van der Waals surface area contributed by atoms with Gasteiger partial charge in [-0.3, -0.25) is 14.2 Å². The van der Waals surface area contributed by atoms with Gasteiger partial charge in [-0.15, -0.1) is 11.3 Å². The van der Waals surface area contributed by atoms with Crippen molar-refractivity contribution in [3.63, 3.8) is 0 Å². The molecule has 0 aromatic carbocycles. The van der Waals surface area contributed by atoms with Gasteiger partial charge in [0.05, 0.1) is 11.7 Å². The Morgan fingerprint density at radius 1 is 1.35 bits per heavy atom. The van der Waals surface area contributed by atoms with E-state index in [1.807, 2.05) is 0 Å². The summed E-state index contributed by atoms with van der Waals surface area (Å²) in [7, 11) is 0. The number of carbonyl (C=O) groups excluding carboxylic acids is 1. The van der Waals surface area contributed by atoms with Gasteiger partial charge in [0, 0.05) is 17.8 Å². The van der Waals surface area contributed by atoms with Gasteiger partial charge >= 0.3 is 5.97 Å². The largest absolute Gasteiger partial charge is 0.480 e. The van der Waals surface area contributed by atoms with Gasteiger partial charge in [0.15, 0.2) is 0 Å². The lowest BCUT2D eigenvalue weighted by Crippen LogP contribution is -2.44. The molecule has 0 radical (unpaired) electrons. The Balaban J connectivity index is 1.75. The van der Waals surface area contributed by atoms with Crippen LogP contribution >= 0.6 is 11.3 Å². The number of aromatic nitrogens is 2. The summed E-state index contributed by atoms with van der Waals surface area (Å²) in [4.78, 5) is 42.5. The molecule has 0 bridgehead atoms. The topological polar surface area (TPSA) is 101 Å². The highest BCUT2D eigenvalue weighted by Crippen LogP contribution is 2.33. The first kappa shape index (κ1) is 18.6. The molecule has 2 aromatic heterocycles. The molecule has 1 aliphatic rings. The van der Waals surface area contributed by atoms with Crippen LogP contribution in [0.15, 0.2) is 11.1 Å². The van der Waals surface area contributed by atoms with Gasteiger partial charge in [-0.2, -0.15) is 0 Å². The van der Waals surface area contributed by atoms with Crippen LogP contribution in [0.5, 0.6) is 0 Å². The van der Waals surface area contributed by atoms with Gasteiger partial charge < -0.3 is 10.4 Å². The van der Waals surface area contributed by atoms with E-state index in [0.29, 0.717) is 5.39 Å². The van der Waals surface area contributed by atoms with Gasteiger partial charge in [0.2, 0.25) is 5.91 Å². The Hall–Kier alpha value is -2.22. The van der Waals surface area contributed by atoms with Crippen LogP contribution in [0, 0.1) is 5.92 Å². The first-order valence-electron chi connectivity index (χ1n) is 8.90. The zero-order valence-corrected chi connectivity index (χ0v) is 15.8. The van der Waals surface area contributed by atoms with Gasteiger partial charge in [-0.25, -0.2) is 9.78 Å². The number of carbonyl (C=O) groups is 2. The van der Waals surface area contributed by atoms with Gasteiger partial charge in [-0.1, -0.05) is 13.8 Å². The summed E-state index contributed by atoms with van der Waals surface area (Å²) in [6.07, 6.45) is 5.67. The summed E-state index contributed by atoms with van der Waals surface area (Å²) in [6.45, 7) is 3.66. The molecule has 8 heteroatoms. The van der Waals surface area contributed by atoms with Gasteiger partial charge in [-0.05, 0) is 37.2 Å². The summed E-state index contributed by atoms with van der Waals surface area (Å²) in [5.41, 5.74) is 1.01. The Labute approximate surface area is 155 Å². The fraction of sp³-hybridized carbons (Fsp3) is 0.556. The number of amides is 1. The van der Waals surface area contributed by atoms with Crippen molar-refractivity contribution in [3.05, 3.63) is 27.1 Å². The molecule has 0 saturated heterocycles. The molecule has 2 aromatic rings. The van der Waals surface area contributed by atoms with E-state index in [2.05, 4.69) is 10.3 Å². The van der Waals surface area contributed by atoms with E-state index in [1.165, 1.54) is 15.8 Å². The van der Waals surface area contributed by atoms with Crippen molar-refractivity contribution < 1.29 is 14.7 Å². The first-order valence-corrected chi connectivity index (χ1v) is 9.72. The molecule has 0 unspecified atom stereocenters. The van der Waals surface area contributed by atoms with Crippen molar-refractivity contribution in [2.24, 2.45) is 5.92 Å². The molecule has 0 fully saturated rings. The van der Waals surface area contributed by atoms with Gasteiger partial charge in [0.1, 0.15) is 10.9 Å². The Kier molecular flexibility index (Phi) is 5.41. The molecule has 0 saturated carbocycles. The Morgan fingerprint density at radius 2 is 2.08 bits per heavy atom. The second-order valence-corrected chi connectivity index (χ2v) is 8.10. The summed E-state index contributed by atoms with van der Waals surface area (Å²) < 4.78 is 1.45. The predicted octanol–water partition coefficient (Wildman–Crippen LogP) is 1.95. The SMILES string of the molecule is CC(C)[C@H](NC(=O)CCn1cnc2sc3c(c2c1=O)CCCC3)C(=O)O. The van der Waals surface area contributed by atoms with E-state index < -0.39 is 12.0 Å². The second kappa shape index (κ2) is 7.57. The molecule has 2 heterocycles. The highest BCUT2D eigenvalue weighted by Gasteiger charge is 2.24. The van der Waals surface area contributed by atoms with Crippen LogP contribution in [0.2, 0.25) is 0 Å². The molecule has 7 nitrogen and oxygen atoms in total. The third kappa shape index (κ3) is 3.65. The molecule has 1 aliphatic carbocycles. The molecule has 0 aliphatic heterocycles. The van der Waals surface area contributed by atoms with Gasteiger partial charge in [0.25, 0.3) is 5.56 Å². The first-order chi connectivity index (χ1) is 12.4. The minimum Gasteiger partial charge on any atom is -0.480 e. The fourth-order valence-electron chi connectivity index (χ4n) is 3.32. The summed E-state index contributed by atoms with van der Waals surface area (Å²) in [6, 6.07) is -0.927. The second-order valence-electron chi connectivity index (χ2n) is 7.01. The van der Waals surface area contributed by atoms with Crippen molar-refractivity contribution in [1.82, 2.24) is 14.9 Å². The number of aryl methyl sites for hydroxylation is 3. The van der Waals surface area contributed by atoms with Crippen LogP contribution in [0.25, 0.3) is 10.2 Å². The fourth-order valence-corrected chi connectivity index (χ4v) is 4.54. The van der Waals surface area contributed by atoms with E-state index in [-0.39, 0.29) is 30.3 Å². The normalized spacial score (nSPS) is 15.0. The monoisotopic (exact) mass is 377 g/mol. The molecular formula is C18H23N3O4S. The molecule has 0 spiro atoms. The summed E-state index contributed by atoms with van der Waals surface area (Å²) >= 11 is 1.59. The van der Waals surface area contributed by atoms with Crippen LogP contribution in [-0.2, 0) is 29.0 Å². The lowest BCUT2D eigenvalue weighted by atomic mass is 9.97. The quantitative estimate of drug-likeness (QED) is 0.801. The van der Waals surface area contributed by atoms with E-state index in [1.54, 1.807) is 25.2 Å². The maximum atomic E-state index is 12.8. The third-order valence-corrected chi connectivity index (χ3v) is 5.97. The van der Waals surface area contributed by atoms with Crippen LogP contribution in [0.4, 0.5) is 0 Å². The number of nitrogens with one attached hydrogen (secondary N) is 1. The Morgan fingerprint density at radius 3 is 2.77 bits per heavy atom. The number of aliphatic carboxylic acids is 1. The van der Waals surface area contributed by atoms with E-state index in [0.717, 1.165) is 36.1 Å². The maximum Gasteiger partial charge on any atom is 0.326 e. The molecule has 3 rings (SSSR count). The number of hydrogen-bond donors (Lipinski definition) is 2. The smallest absolute Gasteiger partial charge is 0.326 e. The van der Waals surface area contributed by atoms with Crippen molar-refractivity contribution >= 4 is 33.4 Å². The number of hydrogen-bond acceptors (Lipinski definition) is 5. The van der Waals surface area contributed by atoms with E-state index in [9.17, 15) is 14.4 Å². The number of fused-ring (bicyclic) bond motifs is 3. The molecule has 1 amide bonds. The van der Waals surface area contributed by atoms with Crippen LogP contribution in [0.3, 0.4) is 0 Å². The Bertz CT molecular complexity index is 900. The van der Waals surface area contributed by atoms with Crippen LogP contribution < -0.4 is 10.9 Å². The number of thiophene rings is 1. The van der Waals surface area contributed by atoms with E-state index >= 15 is 0 Å². The maximum absolute atomic E-state index is 12.8. The zero-order chi connectivity index (χ0) is 18.8. The summed E-state index contributed by atoms with van der Waals surface area (Å²) in [5.74, 6) is -1.65. The lowest BCUT2D eigenvalue weighted by Gasteiger charge is -2.18. The number of carboxylic acids is 1. The highest BCUT2D eigenvalue weighted by atomic mass is 32.1. The lowest BCUT2D eigenvalue weighted by molar-refractivity contribution is -0.143. The highest BCUT2D eigenvalue weighted by molar-refractivity contribution is 7.18. The van der Waals surface area contributed by atoms with E-state index in [4.69, 9.17) is 5.11 Å². The number of nitrogens with zero attached hydrogens (tertiary/aromatic N) is 2. The molecule has 26 heavy (non-hydrogen) atoms. The molecule has 2 N–H and O–H groups in total. The zero-order valence-electron chi connectivity index (χ0n) is 14.9. The van der Waals surface area contributed by atoms with Crippen molar-refractivity contribution in [3.8, 4) is 0 Å². The average Bonchev–Trinajstić information content (AvgIpc) is 2.97. The summed E-state index contributed by atoms with van der Waals surface area (Å²) in [5, 5.41) is 12.4. The minimum atomic E-state index is -1.06. The van der Waals surface area contributed by atoms with Crippen LogP contribution in [0.1, 0.15) is 43.6 Å². The molecule has 1 atom stereocenters. The van der Waals surface area contributed by atoms with Crippen molar-refractivity contribution in [1.29, 1.82) is 0 Å². The number of carboxylic acid groups (broad SMARTS) is 1. The molecule has 140 valence electrons. The average molecular weight is 377 g/mol. The minimum absolute atomic E-state index is 0.0376. The standard InChI is InChI=1S/C18H23N3O4S/c1-10(2)15(18(24)25)20-13(22)7-8-21-9-19-16-14(17(21)23)11-5-3-4-6-12(11)26-16/h9-10,15H,3-8H2,1-2H3,(H,20,22)(H,24,25)/t15-/m0/s1.